The number of hydrogen-bond donors (Lipinski definition) is 0. The Bertz CT molecular complexity index is 315. The van der Waals surface area contributed by atoms with E-state index in [9.17, 15) is 9.59 Å². The predicted molar refractivity (Wildman–Crippen MR) is 65.3 cm³/mol. The number of nitrogens with zero attached hydrogens (tertiary/aromatic N) is 1. The fraction of sp³-hybridized carbons (Fsp3) is 0.538. The van der Waals surface area contributed by atoms with E-state index >= 15 is 0 Å². The molecule has 0 bridgehead atoms. The molecule has 0 N–H and O–H groups in total. The highest BCUT2D eigenvalue weighted by Crippen LogP contribution is 2.20. The first kappa shape index (κ1) is 13.5. The monoisotopic (exact) mass is 237 g/mol. The number of hydrogen-bond acceptors (Lipinski definition) is 3. The highest BCUT2D eigenvalue weighted by Gasteiger charge is 2.25. The van der Waals surface area contributed by atoms with Crippen molar-refractivity contribution in [3.63, 3.8) is 0 Å². The molecule has 0 saturated heterocycles. The Morgan fingerprint density at radius 3 is 2.65 bits per heavy atom. The van der Waals surface area contributed by atoms with Crippen LogP contribution in [0.1, 0.15) is 19.8 Å². The lowest BCUT2D eigenvalue weighted by Gasteiger charge is -2.23. The first-order valence-electron chi connectivity index (χ1n) is 5.89. The lowest BCUT2D eigenvalue weighted by Crippen LogP contribution is -2.39. The van der Waals surface area contributed by atoms with Gasteiger partial charge in [0.15, 0.2) is 0 Å². The van der Waals surface area contributed by atoms with Gasteiger partial charge in [0.05, 0.1) is 6.61 Å². The first-order valence-corrected chi connectivity index (χ1v) is 5.89. The predicted octanol–water partition coefficient (Wildman–Crippen LogP) is 1.53. The van der Waals surface area contributed by atoms with Gasteiger partial charge in [0.1, 0.15) is 6.54 Å². The topological polar surface area (TPSA) is 46.6 Å². The van der Waals surface area contributed by atoms with Crippen molar-refractivity contribution in [2.45, 2.75) is 19.8 Å². The van der Waals surface area contributed by atoms with Crippen LogP contribution in [-0.4, -0.2) is 36.5 Å². The molecule has 0 aromatic rings. The van der Waals surface area contributed by atoms with Gasteiger partial charge in [-0.2, -0.15) is 0 Å². The number of carbonyl (C=O) groups is 2. The largest absolute Gasteiger partial charge is 0.465 e. The van der Waals surface area contributed by atoms with Gasteiger partial charge in [-0.3, -0.25) is 9.59 Å². The van der Waals surface area contributed by atoms with Crippen molar-refractivity contribution in [1.29, 1.82) is 0 Å². The van der Waals surface area contributed by atoms with Gasteiger partial charge in [-0.15, -0.1) is 6.58 Å². The summed E-state index contributed by atoms with van der Waals surface area (Å²) in [6, 6.07) is 0. The van der Waals surface area contributed by atoms with E-state index in [1.807, 2.05) is 12.2 Å². The van der Waals surface area contributed by atoms with Crippen LogP contribution in [0.3, 0.4) is 0 Å². The van der Waals surface area contributed by atoms with Gasteiger partial charge in [0, 0.05) is 12.5 Å². The standard InChI is InChI=1S/C13H19NO3/c1-3-9-14(10-12(15)17-4-2)13(16)11-7-5-6-8-11/h3,5-6,11H,1,4,7-10H2,2H3. The molecule has 0 heterocycles. The lowest BCUT2D eigenvalue weighted by molar-refractivity contribution is -0.149. The van der Waals surface area contributed by atoms with Crippen molar-refractivity contribution in [3.05, 3.63) is 24.8 Å². The number of allylic oxidation sites excluding steroid dienone is 2. The molecule has 0 atom stereocenters. The normalized spacial score (nSPS) is 14.6. The van der Waals surface area contributed by atoms with Crippen LogP contribution in [0.5, 0.6) is 0 Å². The zero-order valence-corrected chi connectivity index (χ0v) is 10.2. The number of amides is 1. The zero-order valence-electron chi connectivity index (χ0n) is 10.2. The molecule has 1 rings (SSSR count). The van der Waals surface area contributed by atoms with E-state index in [1.165, 1.54) is 4.90 Å². The van der Waals surface area contributed by atoms with E-state index in [-0.39, 0.29) is 24.3 Å². The molecule has 1 aliphatic rings. The molecule has 1 amide bonds. The number of ether oxygens (including phenoxy) is 1. The third-order valence-electron chi connectivity index (χ3n) is 2.64. The highest BCUT2D eigenvalue weighted by molar-refractivity contribution is 5.84. The zero-order chi connectivity index (χ0) is 12.7. The maximum absolute atomic E-state index is 12.1. The maximum Gasteiger partial charge on any atom is 0.325 e. The Hall–Kier alpha value is -1.58. The molecular weight excluding hydrogens is 218 g/mol. The molecule has 0 fully saturated rings. The lowest BCUT2D eigenvalue weighted by atomic mass is 10.1. The minimum absolute atomic E-state index is 0.00273. The SMILES string of the molecule is C=CCN(CC(=O)OCC)C(=O)C1CC=CC1. The summed E-state index contributed by atoms with van der Waals surface area (Å²) < 4.78 is 4.85. The van der Waals surface area contributed by atoms with Gasteiger partial charge >= 0.3 is 5.97 Å². The Kier molecular flexibility index (Phi) is 5.46. The van der Waals surface area contributed by atoms with E-state index in [4.69, 9.17) is 4.74 Å². The Labute approximate surface area is 102 Å². The molecule has 0 spiro atoms. The summed E-state index contributed by atoms with van der Waals surface area (Å²) in [6.07, 6.45) is 7.14. The number of carbonyl (C=O) groups excluding carboxylic acids is 2. The van der Waals surface area contributed by atoms with Crippen LogP contribution < -0.4 is 0 Å². The summed E-state index contributed by atoms with van der Waals surface area (Å²) in [4.78, 5) is 25.0. The molecular formula is C13H19NO3. The summed E-state index contributed by atoms with van der Waals surface area (Å²) in [5.41, 5.74) is 0. The van der Waals surface area contributed by atoms with Gasteiger partial charge in [-0.1, -0.05) is 18.2 Å². The molecule has 0 aliphatic heterocycles. The van der Waals surface area contributed by atoms with E-state index in [1.54, 1.807) is 13.0 Å². The van der Waals surface area contributed by atoms with Crippen molar-refractivity contribution in [2.24, 2.45) is 5.92 Å². The van der Waals surface area contributed by atoms with Crippen LogP contribution in [0.2, 0.25) is 0 Å². The van der Waals surface area contributed by atoms with Gasteiger partial charge in [0.2, 0.25) is 5.91 Å². The molecule has 4 nitrogen and oxygen atoms in total. The minimum atomic E-state index is -0.367. The number of esters is 1. The Morgan fingerprint density at radius 2 is 2.12 bits per heavy atom. The molecule has 4 heteroatoms. The van der Waals surface area contributed by atoms with Gasteiger partial charge in [-0.25, -0.2) is 0 Å². The third kappa shape index (κ3) is 4.06. The van der Waals surface area contributed by atoms with E-state index < -0.39 is 0 Å². The molecule has 17 heavy (non-hydrogen) atoms. The van der Waals surface area contributed by atoms with Crippen molar-refractivity contribution in [1.82, 2.24) is 4.90 Å². The van der Waals surface area contributed by atoms with Crippen molar-refractivity contribution >= 4 is 11.9 Å². The molecule has 0 aromatic heterocycles. The van der Waals surface area contributed by atoms with E-state index in [2.05, 4.69) is 6.58 Å². The quantitative estimate of drug-likeness (QED) is 0.520. The Balaban J connectivity index is 2.54. The van der Waals surface area contributed by atoms with Crippen LogP contribution in [0.25, 0.3) is 0 Å². The van der Waals surface area contributed by atoms with Crippen LogP contribution >= 0.6 is 0 Å². The molecule has 1 aliphatic carbocycles. The van der Waals surface area contributed by atoms with Crippen LogP contribution in [0, 0.1) is 5.92 Å². The maximum atomic E-state index is 12.1. The van der Waals surface area contributed by atoms with Gasteiger partial charge < -0.3 is 9.64 Å². The average Bonchev–Trinajstić information content (AvgIpc) is 2.81. The highest BCUT2D eigenvalue weighted by atomic mass is 16.5. The third-order valence-corrected chi connectivity index (χ3v) is 2.64. The van der Waals surface area contributed by atoms with Crippen LogP contribution in [0.15, 0.2) is 24.8 Å². The van der Waals surface area contributed by atoms with Crippen LogP contribution in [0.4, 0.5) is 0 Å². The fourth-order valence-electron chi connectivity index (χ4n) is 1.83. The van der Waals surface area contributed by atoms with Crippen molar-refractivity contribution < 1.29 is 14.3 Å². The van der Waals surface area contributed by atoms with E-state index in [0.717, 1.165) is 12.8 Å². The smallest absolute Gasteiger partial charge is 0.325 e. The second kappa shape index (κ2) is 6.89. The van der Waals surface area contributed by atoms with Crippen molar-refractivity contribution in [2.75, 3.05) is 19.7 Å². The minimum Gasteiger partial charge on any atom is -0.465 e. The fourth-order valence-corrected chi connectivity index (χ4v) is 1.83. The van der Waals surface area contributed by atoms with Gasteiger partial charge in [0.25, 0.3) is 0 Å². The summed E-state index contributed by atoms with van der Waals surface area (Å²) in [5, 5.41) is 0. The van der Waals surface area contributed by atoms with Crippen molar-refractivity contribution in [3.8, 4) is 0 Å². The van der Waals surface area contributed by atoms with E-state index in [0.29, 0.717) is 13.2 Å². The molecule has 0 saturated carbocycles. The summed E-state index contributed by atoms with van der Waals surface area (Å²) >= 11 is 0. The second-order valence-electron chi connectivity index (χ2n) is 3.95. The molecule has 0 unspecified atom stereocenters. The molecule has 0 radical (unpaired) electrons. The summed E-state index contributed by atoms with van der Waals surface area (Å²) in [5.74, 6) is -0.388. The Morgan fingerprint density at radius 1 is 1.47 bits per heavy atom. The molecule has 94 valence electrons. The summed E-state index contributed by atoms with van der Waals surface area (Å²) in [7, 11) is 0. The number of rotatable bonds is 6. The van der Waals surface area contributed by atoms with Crippen LogP contribution in [-0.2, 0) is 14.3 Å². The first-order chi connectivity index (χ1) is 8.19. The van der Waals surface area contributed by atoms with Gasteiger partial charge in [-0.05, 0) is 19.8 Å². The second-order valence-corrected chi connectivity index (χ2v) is 3.95. The average molecular weight is 237 g/mol. The summed E-state index contributed by atoms with van der Waals surface area (Å²) in [6.45, 7) is 6.08. The molecule has 0 aromatic carbocycles.